The van der Waals surface area contributed by atoms with Crippen molar-refractivity contribution in [3.05, 3.63) is 54.1 Å². The van der Waals surface area contributed by atoms with Gasteiger partial charge in [-0.25, -0.2) is 4.98 Å². The van der Waals surface area contributed by atoms with Gasteiger partial charge in [0.2, 0.25) is 0 Å². The predicted molar refractivity (Wildman–Crippen MR) is 76.9 cm³/mol. The van der Waals surface area contributed by atoms with Crippen LogP contribution in [-0.4, -0.2) is 32.7 Å². The van der Waals surface area contributed by atoms with Gasteiger partial charge >= 0.3 is 0 Å². The van der Waals surface area contributed by atoms with E-state index < -0.39 is 0 Å². The maximum Gasteiger partial charge on any atom is 0.160 e. The first-order valence-electron chi connectivity index (χ1n) is 6.77. The molecule has 0 radical (unpaired) electrons. The Morgan fingerprint density at radius 3 is 2.86 bits per heavy atom. The van der Waals surface area contributed by atoms with Gasteiger partial charge in [-0.15, -0.1) is 10.2 Å². The van der Waals surface area contributed by atoms with Crippen LogP contribution in [0.5, 0.6) is 0 Å². The molecular formula is C15H12N6. The van der Waals surface area contributed by atoms with Crippen LogP contribution < -0.4 is 4.90 Å². The minimum atomic E-state index is 0.343. The second kappa shape index (κ2) is 4.56. The number of fused-ring (bicyclic) bond motifs is 1. The van der Waals surface area contributed by atoms with Crippen LogP contribution in [0, 0.1) is 11.3 Å². The zero-order valence-electron chi connectivity index (χ0n) is 11.2. The monoisotopic (exact) mass is 276 g/mol. The molecule has 0 amide bonds. The third-order valence-corrected chi connectivity index (χ3v) is 3.76. The fourth-order valence-electron chi connectivity index (χ4n) is 2.63. The highest BCUT2D eigenvalue weighted by Gasteiger charge is 2.32. The smallest absolute Gasteiger partial charge is 0.160 e. The summed E-state index contributed by atoms with van der Waals surface area (Å²) >= 11 is 0. The Morgan fingerprint density at radius 1 is 1.10 bits per heavy atom. The number of pyridine rings is 2. The molecule has 0 atom stereocenters. The molecule has 0 unspecified atom stereocenters. The highest BCUT2D eigenvalue weighted by atomic mass is 15.3. The molecule has 0 saturated carbocycles. The number of anilines is 1. The van der Waals surface area contributed by atoms with Crippen LogP contribution in [-0.2, 0) is 0 Å². The molecule has 4 rings (SSSR count). The van der Waals surface area contributed by atoms with E-state index in [2.05, 4.69) is 26.2 Å². The van der Waals surface area contributed by atoms with E-state index >= 15 is 0 Å². The number of nitrogens with zero attached hydrogens (tertiary/aromatic N) is 6. The third-order valence-electron chi connectivity index (χ3n) is 3.76. The molecule has 102 valence electrons. The summed E-state index contributed by atoms with van der Waals surface area (Å²) < 4.78 is 2.03. The molecule has 0 aliphatic carbocycles. The van der Waals surface area contributed by atoms with Gasteiger partial charge in [0.15, 0.2) is 5.65 Å². The number of nitriles is 1. The lowest BCUT2D eigenvalue weighted by Gasteiger charge is -2.39. The van der Waals surface area contributed by atoms with E-state index in [1.165, 1.54) is 0 Å². The van der Waals surface area contributed by atoms with Crippen molar-refractivity contribution in [2.45, 2.75) is 5.92 Å². The fourth-order valence-corrected chi connectivity index (χ4v) is 2.63. The van der Waals surface area contributed by atoms with E-state index in [-0.39, 0.29) is 0 Å². The van der Waals surface area contributed by atoms with Gasteiger partial charge in [-0.2, -0.15) is 5.26 Å². The van der Waals surface area contributed by atoms with E-state index in [9.17, 15) is 0 Å². The molecule has 3 aromatic rings. The van der Waals surface area contributed by atoms with Crippen molar-refractivity contribution in [3.63, 3.8) is 0 Å². The Bertz CT molecular complexity index is 840. The number of aromatic nitrogens is 4. The van der Waals surface area contributed by atoms with Crippen molar-refractivity contribution in [1.29, 1.82) is 5.26 Å². The first-order chi connectivity index (χ1) is 10.3. The topological polar surface area (TPSA) is 70.1 Å². The minimum Gasteiger partial charge on any atom is -0.355 e. The molecule has 3 aromatic heterocycles. The molecule has 0 aromatic carbocycles. The predicted octanol–water partition coefficient (Wildman–Crippen LogP) is 1.60. The molecule has 1 fully saturated rings. The van der Waals surface area contributed by atoms with Crippen molar-refractivity contribution in [2.24, 2.45) is 0 Å². The SMILES string of the molecule is N#Cc1cccc(N2CC(c3nnc4ccccn34)C2)n1. The molecule has 6 nitrogen and oxygen atoms in total. The van der Waals surface area contributed by atoms with Crippen LogP contribution in [0.1, 0.15) is 17.4 Å². The molecule has 1 aliphatic heterocycles. The quantitative estimate of drug-likeness (QED) is 0.711. The van der Waals surface area contributed by atoms with Crippen molar-refractivity contribution >= 4 is 11.5 Å². The first-order valence-corrected chi connectivity index (χ1v) is 6.77. The summed E-state index contributed by atoms with van der Waals surface area (Å²) in [5.74, 6) is 2.17. The van der Waals surface area contributed by atoms with Crippen molar-refractivity contribution in [3.8, 4) is 6.07 Å². The van der Waals surface area contributed by atoms with Gasteiger partial charge in [-0.3, -0.25) is 4.40 Å². The Morgan fingerprint density at radius 2 is 2.00 bits per heavy atom. The maximum atomic E-state index is 8.90. The second-order valence-electron chi connectivity index (χ2n) is 5.08. The van der Waals surface area contributed by atoms with Crippen LogP contribution in [0.2, 0.25) is 0 Å². The lowest BCUT2D eigenvalue weighted by molar-refractivity contribution is 0.492. The summed E-state index contributed by atoms with van der Waals surface area (Å²) in [5.41, 5.74) is 1.32. The summed E-state index contributed by atoms with van der Waals surface area (Å²) in [4.78, 5) is 6.46. The maximum absolute atomic E-state index is 8.90. The van der Waals surface area contributed by atoms with Gasteiger partial charge in [0, 0.05) is 19.3 Å². The summed E-state index contributed by atoms with van der Waals surface area (Å²) in [6.45, 7) is 1.69. The summed E-state index contributed by atoms with van der Waals surface area (Å²) in [6, 6.07) is 13.5. The summed E-state index contributed by atoms with van der Waals surface area (Å²) in [7, 11) is 0. The molecule has 0 N–H and O–H groups in total. The molecular weight excluding hydrogens is 264 g/mol. The van der Waals surface area contributed by atoms with Crippen LogP contribution in [0.25, 0.3) is 5.65 Å². The Labute approximate surface area is 121 Å². The lowest BCUT2D eigenvalue weighted by Crippen LogP contribution is -2.46. The average Bonchev–Trinajstić information content (AvgIpc) is 2.90. The van der Waals surface area contributed by atoms with Crippen LogP contribution >= 0.6 is 0 Å². The Balaban J connectivity index is 1.56. The highest BCUT2D eigenvalue weighted by molar-refractivity contribution is 5.47. The Kier molecular flexibility index (Phi) is 2.57. The molecule has 1 saturated heterocycles. The van der Waals surface area contributed by atoms with Gasteiger partial charge in [0.05, 0.1) is 5.92 Å². The number of hydrogen-bond acceptors (Lipinski definition) is 5. The van der Waals surface area contributed by atoms with Crippen LogP contribution in [0.4, 0.5) is 5.82 Å². The van der Waals surface area contributed by atoms with Crippen molar-refractivity contribution in [2.75, 3.05) is 18.0 Å². The van der Waals surface area contributed by atoms with E-state index in [0.29, 0.717) is 11.6 Å². The highest BCUT2D eigenvalue weighted by Crippen LogP contribution is 2.29. The first kappa shape index (κ1) is 11.9. The van der Waals surface area contributed by atoms with Gasteiger partial charge in [-0.1, -0.05) is 12.1 Å². The van der Waals surface area contributed by atoms with Crippen LogP contribution in [0.15, 0.2) is 42.6 Å². The largest absolute Gasteiger partial charge is 0.355 e. The molecule has 4 heterocycles. The zero-order chi connectivity index (χ0) is 14.2. The van der Waals surface area contributed by atoms with Gasteiger partial charge in [0.1, 0.15) is 23.4 Å². The lowest BCUT2D eigenvalue weighted by atomic mass is 9.99. The number of hydrogen-bond donors (Lipinski definition) is 0. The van der Waals surface area contributed by atoms with Crippen molar-refractivity contribution in [1.82, 2.24) is 19.6 Å². The summed E-state index contributed by atoms with van der Waals surface area (Å²) in [5, 5.41) is 17.4. The second-order valence-corrected chi connectivity index (χ2v) is 5.08. The van der Waals surface area contributed by atoms with E-state index in [0.717, 1.165) is 30.4 Å². The van der Waals surface area contributed by atoms with Crippen molar-refractivity contribution < 1.29 is 0 Å². The Hall–Kier alpha value is -2.94. The average molecular weight is 276 g/mol. The van der Waals surface area contributed by atoms with E-state index in [4.69, 9.17) is 5.26 Å². The summed E-state index contributed by atoms with van der Waals surface area (Å²) in [6.07, 6.45) is 1.99. The number of rotatable bonds is 2. The third kappa shape index (κ3) is 1.91. The van der Waals surface area contributed by atoms with E-state index in [1.807, 2.05) is 40.9 Å². The van der Waals surface area contributed by atoms with Gasteiger partial charge < -0.3 is 4.90 Å². The molecule has 1 aliphatic rings. The standard InChI is InChI=1S/C15H12N6/c16-8-12-4-3-6-13(17-12)20-9-11(10-20)15-19-18-14-5-1-2-7-21(14)15/h1-7,11H,9-10H2. The van der Waals surface area contributed by atoms with Crippen LogP contribution in [0.3, 0.4) is 0 Å². The minimum absolute atomic E-state index is 0.343. The van der Waals surface area contributed by atoms with Gasteiger partial charge in [0.25, 0.3) is 0 Å². The zero-order valence-corrected chi connectivity index (χ0v) is 11.2. The molecule has 0 spiro atoms. The normalized spacial score (nSPS) is 14.9. The molecule has 21 heavy (non-hydrogen) atoms. The van der Waals surface area contributed by atoms with E-state index in [1.54, 1.807) is 6.07 Å². The fraction of sp³-hybridized carbons (Fsp3) is 0.200. The van der Waals surface area contributed by atoms with Gasteiger partial charge in [-0.05, 0) is 24.3 Å². The molecule has 0 bridgehead atoms. The molecule has 6 heteroatoms.